The molecule has 1 aliphatic carbocycles. The van der Waals surface area contributed by atoms with E-state index in [9.17, 15) is 27.6 Å². The Labute approximate surface area is 160 Å². The molecule has 152 valence electrons. The lowest BCUT2D eigenvalue weighted by Gasteiger charge is -2.32. The Bertz CT molecular complexity index is 818. The first-order valence-corrected chi connectivity index (χ1v) is 9.20. The molecular formula is C19H22F3N3O3. The summed E-state index contributed by atoms with van der Waals surface area (Å²) in [4.78, 5) is 38.2. The number of hydrogen-bond donors (Lipinski definition) is 2. The largest absolute Gasteiger partial charge is 0.440 e. The van der Waals surface area contributed by atoms with Crippen LogP contribution in [0.5, 0.6) is 0 Å². The van der Waals surface area contributed by atoms with E-state index in [1.807, 2.05) is 5.32 Å². The Morgan fingerprint density at radius 1 is 1.18 bits per heavy atom. The van der Waals surface area contributed by atoms with E-state index in [1.54, 1.807) is 31.3 Å². The maximum atomic E-state index is 14.0. The lowest BCUT2D eigenvalue weighted by Crippen LogP contribution is -2.70. The van der Waals surface area contributed by atoms with Crippen molar-refractivity contribution in [1.29, 1.82) is 0 Å². The van der Waals surface area contributed by atoms with Crippen LogP contribution in [0, 0.1) is 19.8 Å². The Kier molecular flexibility index (Phi) is 5.12. The third kappa shape index (κ3) is 3.22. The van der Waals surface area contributed by atoms with Gasteiger partial charge in [0.2, 0.25) is 5.91 Å². The lowest BCUT2D eigenvalue weighted by atomic mass is 9.88. The third-order valence-electron chi connectivity index (χ3n) is 5.55. The molecule has 2 aliphatic rings. The molecule has 0 bridgehead atoms. The number of hydrogen-bond acceptors (Lipinski definition) is 3. The number of halogens is 3. The van der Waals surface area contributed by atoms with Crippen LogP contribution in [0.1, 0.15) is 43.2 Å². The Morgan fingerprint density at radius 3 is 2.43 bits per heavy atom. The first kappa shape index (κ1) is 20.2. The number of alkyl halides is 3. The standard InChI is InChI=1S/C19H22F3N3O3/c1-11-7-6-10-14(12(11)2)25-16(27)18(19(20,21)22,24-17(25)28)23-15(26)13-8-4-3-5-9-13/h6-7,10,13H,3-5,8-9H2,1-2H3,(H,23,26)(H,24,28)/t18-/m1/s1. The van der Waals surface area contributed by atoms with E-state index in [1.165, 1.54) is 6.07 Å². The predicted molar refractivity (Wildman–Crippen MR) is 95.4 cm³/mol. The molecule has 0 aromatic heterocycles. The van der Waals surface area contributed by atoms with Crippen LogP contribution >= 0.6 is 0 Å². The van der Waals surface area contributed by atoms with E-state index < -0.39 is 35.6 Å². The molecule has 6 nitrogen and oxygen atoms in total. The fourth-order valence-corrected chi connectivity index (χ4v) is 3.73. The molecule has 1 aromatic carbocycles. The minimum absolute atomic E-state index is 0.0561. The smallest absolute Gasteiger partial charge is 0.318 e. The van der Waals surface area contributed by atoms with Crippen molar-refractivity contribution in [2.75, 3.05) is 4.90 Å². The number of aryl methyl sites for hydroxylation is 1. The van der Waals surface area contributed by atoms with Crippen LogP contribution in [0.2, 0.25) is 0 Å². The topological polar surface area (TPSA) is 78.5 Å². The van der Waals surface area contributed by atoms with Gasteiger partial charge in [0.25, 0.3) is 11.6 Å². The van der Waals surface area contributed by atoms with E-state index in [-0.39, 0.29) is 5.69 Å². The highest BCUT2D eigenvalue weighted by Crippen LogP contribution is 2.37. The Balaban J connectivity index is 1.98. The number of carbonyl (C=O) groups is 3. The molecule has 1 aromatic rings. The SMILES string of the molecule is Cc1cccc(N2C(=O)N[C@@](NC(=O)C3CCCCC3)(C(F)(F)F)C2=O)c1C. The highest BCUT2D eigenvalue weighted by Gasteiger charge is 2.69. The molecule has 1 saturated carbocycles. The van der Waals surface area contributed by atoms with Crippen LogP contribution in [-0.4, -0.2) is 29.7 Å². The fraction of sp³-hybridized carbons (Fsp3) is 0.526. The average Bonchev–Trinajstić information content (AvgIpc) is 2.89. The van der Waals surface area contributed by atoms with Gasteiger partial charge in [-0.05, 0) is 43.9 Å². The summed E-state index contributed by atoms with van der Waals surface area (Å²) < 4.78 is 41.9. The van der Waals surface area contributed by atoms with E-state index in [0.717, 1.165) is 19.3 Å². The molecule has 2 N–H and O–H groups in total. The van der Waals surface area contributed by atoms with Crippen molar-refractivity contribution in [1.82, 2.24) is 10.6 Å². The van der Waals surface area contributed by atoms with Crippen LogP contribution in [0.4, 0.5) is 23.7 Å². The minimum Gasteiger partial charge on any atom is -0.318 e. The number of amides is 4. The van der Waals surface area contributed by atoms with Gasteiger partial charge in [0.1, 0.15) is 0 Å². The van der Waals surface area contributed by atoms with Crippen LogP contribution in [-0.2, 0) is 9.59 Å². The van der Waals surface area contributed by atoms with Gasteiger partial charge in [-0.25, -0.2) is 9.69 Å². The van der Waals surface area contributed by atoms with Gasteiger partial charge in [-0.3, -0.25) is 14.9 Å². The van der Waals surface area contributed by atoms with Crippen molar-refractivity contribution in [2.45, 2.75) is 57.8 Å². The van der Waals surface area contributed by atoms with Gasteiger partial charge in [-0.2, -0.15) is 13.2 Å². The minimum atomic E-state index is -5.20. The van der Waals surface area contributed by atoms with Gasteiger partial charge in [-0.1, -0.05) is 31.4 Å². The van der Waals surface area contributed by atoms with Crippen molar-refractivity contribution >= 4 is 23.5 Å². The number of carbonyl (C=O) groups excluding carboxylic acids is 3. The van der Waals surface area contributed by atoms with Crippen LogP contribution in [0.15, 0.2) is 18.2 Å². The second-order valence-electron chi connectivity index (χ2n) is 7.36. The molecule has 1 atom stereocenters. The number of benzene rings is 1. The number of imide groups is 1. The highest BCUT2D eigenvalue weighted by molar-refractivity contribution is 6.24. The maximum Gasteiger partial charge on any atom is 0.440 e. The maximum absolute atomic E-state index is 14.0. The Morgan fingerprint density at radius 2 is 1.82 bits per heavy atom. The summed E-state index contributed by atoms with van der Waals surface area (Å²) in [6.07, 6.45) is -1.87. The lowest BCUT2D eigenvalue weighted by molar-refractivity contribution is -0.202. The van der Waals surface area contributed by atoms with Crippen molar-refractivity contribution in [3.8, 4) is 0 Å². The molecule has 2 fully saturated rings. The first-order chi connectivity index (χ1) is 13.1. The van der Waals surface area contributed by atoms with Crippen molar-refractivity contribution in [3.63, 3.8) is 0 Å². The molecule has 1 saturated heterocycles. The summed E-state index contributed by atoms with van der Waals surface area (Å²) in [5.74, 6) is -3.02. The molecule has 1 heterocycles. The summed E-state index contributed by atoms with van der Waals surface area (Å²) in [7, 11) is 0. The molecule has 28 heavy (non-hydrogen) atoms. The first-order valence-electron chi connectivity index (χ1n) is 9.20. The van der Waals surface area contributed by atoms with Gasteiger partial charge >= 0.3 is 12.2 Å². The van der Waals surface area contributed by atoms with Crippen LogP contribution in [0.3, 0.4) is 0 Å². The summed E-state index contributed by atoms with van der Waals surface area (Å²) in [6.45, 7) is 3.33. The van der Waals surface area contributed by atoms with Crippen molar-refractivity contribution < 1.29 is 27.6 Å². The molecule has 0 radical (unpaired) electrons. The summed E-state index contributed by atoms with van der Waals surface area (Å²) in [6, 6.07) is 3.45. The zero-order valence-electron chi connectivity index (χ0n) is 15.7. The van der Waals surface area contributed by atoms with Crippen molar-refractivity contribution in [3.05, 3.63) is 29.3 Å². The van der Waals surface area contributed by atoms with Gasteiger partial charge in [0.05, 0.1) is 5.69 Å². The molecule has 0 spiro atoms. The number of rotatable bonds is 3. The van der Waals surface area contributed by atoms with E-state index in [2.05, 4.69) is 0 Å². The van der Waals surface area contributed by atoms with Crippen molar-refractivity contribution in [2.24, 2.45) is 5.92 Å². The van der Waals surface area contributed by atoms with E-state index in [0.29, 0.717) is 28.9 Å². The van der Waals surface area contributed by atoms with E-state index in [4.69, 9.17) is 0 Å². The highest BCUT2D eigenvalue weighted by atomic mass is 19.4. The third-order valence-corrected chi connectivity index (χ3v) is 5.55. The quantitative estimate of drug-likeness (QED) is 0.768. The fourth-order valence-electron chi connectivity index (χ4n) is 3.73. The Hall–Kier alpha value is -2.58. The van der Waals surface area contributed by atoms with Crippen LogP contribution in [0.25, 0.3) is 0 Å². The zero-order chi connectivity index (χ0) is 20.7. The second-order valence-corrected chi connectivity index (χ2v) is 7.36. The average molecular weight is 397 g/mol. The van der Waals surface area contributed by atoms with Gasteiger partial charge < -0.3 is 5.32 Å². The summed E-state index contributed by atoms with van der Waals surface area (Å²) >= 11 is 0. The molecule has 4 amide bonds. The monoisotopic (exact) mass is 397 g/mol. The molecule has 1 aliphatic heterocycles. The van der Waals surface area contributed by atoms with Crippen LogP contribution < -0.4 is 15.5 Å². The molecular weight excluding hydrogens is 375 g/mol. The normalized spacial score (nSPS) is 23.7. The molecule has 9 heteroatoms. The summed E-state index contributed by atoms with van der Waals surface area (Å²) in [5, 5.41) is 3.53. The number of anilines is 1. The van der Waals surface area contributed by atoms with Gasteiger partial charge in [0.15, 0.2) is 0 Å². The zero-order valence-corrected chi connectivity index (χ0v) is 15.7. The number of nitrogens with zero attached hydrogens (tertiary/aromatic N) is 1. The van der Waals surface area contributed by atoms with Gasteiger partial charge in [0, 0.05) is 5.92 Å². The second kappa shape index (κ2) is 7.10. The molecule has 0 unspecified atom stereocenters. The number of urea groups is 1. The van der Waals surface area contributed by atoms with Gasteiger partial charge in [-0.15, -0.1) is 0 Å². The number of nitrogens with one attached hydrogen (secondary N) is 2. The predicted octanol–water partition coefficient (Wildman–Crippen LogP) is 3.31. The van der Waals surface area contributed by atoms with E-state index >= 15 is 0 Å². The molecule has 3 rings (SSSR count). The summed E-state index contributed by atoms with van der Waals surface area (Å²) in [5.41, 5.74) is -2.19.